The van der Waals surface area contributed by atoms with Crippen LogP contribution in [0.2, 0.25) is 0 Å². The monoisotopic (exact) mass is 266 g/mol. The van der Waals surface area contributed by atoms with E-state index in [0.717, 1.165) is 5.75 Å². The molecule has 6 nitrogen and oxygen atoms in total. The van der Waals surface area contributed by atoms with Gasteiger partial charge in [-0.1, -0.05) is 0 Å². The van der Waals surface area contributed by atoms with Crippen molar-refractivity contribution >= 4 is 17.6 Å². The molecule has 1 amide bonds. The molecule has 19 heavy (non-hydrogen) atoms. The quantitative estimate of drug-likeness (QED) is 0.687. The molecule has 6 heteroatoms. The van der Waals surface area contributed by atoms with Crippen LogP contribution in [0.3, 0.4) is 0 Å². The maximum Gasteiger partial charge on any atom is 0.320 e. The molecule has 0 saturated carbocycles. The summed E-state index contributed by atoms with van der Waals surface area (Å²) in [5.41, 5.74) is 0.637. The molecular weight excluding hydrogens is 248 g/mol. The minimum atomic E-state index is -0.992. The Hall–Kier alpha value is -2.08. The predicted molar refractivity (Wildman–Crippen MR) is 71.3 cm³/mol. The smallest absolute Gasteiger partial charge is 0.320 e. The summed E-state index contributed by atoms with van der Waals surface area (Å²) in [4.78, 5) is 22.1. The van der Waals surface area contributed by atoms with Crippen LogP contribution >= 0.6 is 0 Å². The topological polar surface area (TPSA) is 87.7 Å². The normalized spacial score (nSPS) is 11.7. The SMILES string of the molecule is CCOc1ccc(NC(=O)CNC(C)C(=O)O)cc1. The summed E-state index contributed by atoms with van der Waals surface area (Å²) >= 11 is 0. The number of carbonyl (C=O) groups excluding carboxylic acids is 1. The predicted octanol–water partition coefficient (Wildman–Crippen LogP) is 1.09. The molecule has 0 fully saturated rings. The van der Waals surface area contributed by atoms with E-state index in [1.54, 1.807) is 24.3 Å². The van der Waals surface area contributed by atoms with Crippen LogP contribution in [-0.2, 0) is 9.59 Å². The number of aliphatic carboxylic acids is 1. The number of hydrogen-bond donors (Lipinski definition) is 3. The Bertz CT molecular complexity index is 431. The first-order chi connectivity index (χ1) is 9.02. The Kier molecular flexibility index (Phi) is 5.81. The van der Waals surface area contributed by atoms with E-state index in [0.29, 0.717) is 12.3 Å². The van der Waals surface area contributed by atoms with Gasteiger partial charge in [0.15, 0.2) is 0 Å². The molecule has 0 aliphatic carbocycles. The lowest BCUT2D eigenvalue weighted by molar-refractivity contribution is -0.139. The number of nitrogens with one attached hydrogen (secondary N) is 2. The highest BCUT2D eigenvalue weighted by atomic mass is 16.5. The lowest BCUT2D eigenvalue weighted by Crippen LogP contribution is -2.39. The van der Waals surface area contributed by atoms with Gasteiger partial charge in [0.1, 0.15) is 11.8 Å². The number of anilines is 1. The van der Waals surface area contributed by atoms with Crippen molar-refractivity contribution in [3.63, 3.8) is 0 Å². The second kappa shape index (κ2) is 7.38. The zero-order chi connectivity index (χ0) is 14.3. The zero-order valence-electron chi connectivity index (χ0n) is 11.0. The number of carboxylic acids is 1. The summed E-state index contributed by atoms with van der Waals surface area (Å²) in [6, 6.07) is 6.21. The maximum atomic E-state index is 11.6. The van der Waals surface area contributed by atoms with Gasteiger partial charge in [0.25, 0.3) is 0 Å². The van der Waals surface area contributed by atoms with Crippen LogP contribution in [0.15, 0.2) is 24.3 Å². The number of benzene rings is 1. The highest BCUT2D eigenvalue weighted by molar-refractivity contribution is 5.92. The summed E-state index contributed by atoms with van der Waals surface area (Å²) in [6.45, 7) is 3.90. The molecule has 1 rings (SSSR count). The van der Waals surface area contributed by atoms with Gasteiger partial charge in [0.05, 0.1) is 13.2 Å². The third-order valence-electron chi connectivity index (χ3n) is 2.39. The Morgan fingerprint density at radius 1 is 1.32 bits per heavy atom. The molecule has 0 radical (unpaired) electrons. The van der Waals surface area contributed by atoms with E-state index >= 15 is 0 Å². The van der Waals surface area contributed by atoms with Gasteiger partial charge in [0, 0.05) is 5.69 Å². The van der Waals surface area contributed by atoms with E-state index in [9.17, 15) is 9.59 Å². The Labute approximate surface area is 111 Å². The minimum Gasteiger partial charge on any atom is -0.494 e. The number of rotatable bonds is 7. The van der Waals surface area contributed by atoms with Crippen molar-refractivity contribution < 1.29 is 19.4 Å². The van der Waals surface area contributed by atoms with E-state index in [2.05, 4.69) is 10.6 Å². The molecule has 0 aromatic heterocycles. The van der Waals surface area contributed by atoms with Crippen LogP contribution in [0, 0.1) is 0 Å². The molecule has 1 aromatic rings. The first-order valence-electron chi connectivity index (χ1n) is 6.01. The van der Waals surface area contributed by atoms with Crippen molar-refractivity contribution in [1.29, 1.82) is 0 Å². The van der Waals surface area contributed by atoms with Crippen molar-refractivity contribution in [3.05, 3.63) is 24.3 Å². The lowest BCUT2D eigenvalue weighted by Gasteiger charge is -2.10. The molecule has 3 N–H and O–H groups in total. The van der Waals surface area contributed by atoms with Crippen molar-refractivity contribution in [2.24, 2.45) is 0 Å². The second-order valence-electron chi connectivity index (χ2n) is 3.95. The third-order valence-corrected chi connectivity index (χ3v) is 2.39. The van der Waals surface area contributed by atoms with Crippen molar-refractivity contribution in [2.75, 3.05) is 18.5 Å². The number of ether oxygens (including phenoxy) is 1. The van der Waals surface area contributed by atoms with Crippen LogP contribution in [0.4, 0.5) is 5.69 Å². The van der Waals surface area contributed by atoms with E-state index in [1.165, 1.54) is 6.92 Å². The third kappa shape index (κ3) is 5.39. The average Bonchev–Trinajstić information content (AvgIpc) is 2.38. The van der Waals surface area contributed by atoms with Gasteiger partial charge in [-0.05, 0) is 38.1 Å². The highest BCUT2D eigenvalue weighted by Gasteiger charge is 2.11. The molecule has 104 valence electrons. The number of amides is 1. The largest absolute Gasteiger partial charge is 0.494 e. The fourth-order valence-corrected chi connectivity index (χ4v) is 1.34. The van der Waals surface area contributed by atoms with Gasteiger partial charge in [0.2, 0.25) is 5.91 Å². The summed E-state index contributed by atoms with van der Waals surface area (Å²) in [5.74, 6) is -0.552. The first kappa shape index (κ1) is 15.0. The standard InChI is InChI=1S/C13H18N2O4/c1-3-19-11-6-4-10(5-7-11)15-12(16)8-14-9(2)13(17)18/h4-7,9,14H,3,8H2,1-2H3,(H,15,16)(H,17,18). The summed E-state index contributed by atoms with van der Waals surface area (Å²) in [7, 11) is 0. The molecular formula is C13H18N2O4. The van der Waals surface area contributed by atoms with Crippen LogP contribution in [-0.4, -0.2) is 36.2 Å². The van der Waals surface area contributed by atoms with Gasteiger partial charge in [-0.3, -0.25) is 14.9 Å². The maximum absolute atomic E-state index is 11.6. The molecule has 0 heterocycles. The van der Waals surface area contributed by atoms with Crippen molar-refractivity contribution in [3.8, 4) is 5.75 Å². The van der Waals surface area contributed by atoms with E-state index < -0.39 is 12.0 Å². The molecule has 1 unspecified atom stereocenters. The van der Waals surface area contributed by atoms with E-state index in [4.69, 9.17) is 9.84 Å². The van der Waals surface area contributed by atoms with Crippen LogP contribution in [0.1, 0.15) is 13.8 Å². The van der Waals surface area contributed by atoms with Gasteiger partial charge in [-0.25, -0.2) is 0 Å². The molecule has 0 saturated heterocycles. The Morgan fingerprint density at radius 3 is 2.47 bits per heavy atom. The van der Waals surface area contributed by atoms with Crippen molar-refractivity contribution in [2.45, 2.75) is 19.9 Å². The second-order valence-corrected chi connectivity index (χ2v) is 3.95. The van der Waals surface area contributed by atoms with Crippen molar-refractivity contribution in [1.82, 2.24) is 5.32 Å². The number of hydrogen-bond acceptors (Lipinski definition) is 4. The zero-order valence-corrected chi connectivity index (χ0v) is 11.0. The molecule has 0 aliphatic rings. The summed E-state index contributed by atoms with van der Waals surface area (Å²) in [6.07, 6.45) is 0. The fraction of sp³-hybridized carbons (Fsp3) is 0.385. The molecule has 0 spiro atoms. The number of carbonyl (C=O) groups is 2. The minimum absolute atomic E-state index is 0.0549. The van der Waals surface area contributed by atoms with Gasteiger partial charge in [-0.15, -0.1) is 0 Å². The molecule has 1 atom stereocenters. The Balaban J connectivity index is 2.41. The summed E-state index contributed by atoms with van der Waals surface area (Å²) < 4.78 is 5.28. The van der Waals surface area contributed by atoms with Crippen LogP contribution in [0.25, 0.3) is 0 Å². The average molecular weight is 266 g/mol. The Morgan fingerprint density at radius 2 is 1.95 bits per heavy atom. The summed E-state index contributed by atoms with van der Waals surface area (Å²) in [5, 5.41) is 13.9. The van der Waals surface area contributed by atoms with E-state index in [1.807, 2.05) is 6.92 Å². The molecule has 0 aliphatic heterocycles. The van der Waals surface area contributed by atoms with E-state index in [-0.39, 0.29) is 12.5 Å². The van der Waals surface area contributed by atoms with Crippen LogP contribution < -0.4 is 15.4 Å². The molecule has 0 bridgehead atoms. The van der Waals surface area contributed by atoms with Gasteiger partial charge >= 0.3 is 5.97 Å². The van der Waals surface area contributed by atoms with Gasteiger partial charge in [-0.2, -0.15) is 0 Å². The van der Waals surface area contributed by atoms with Crippen LogP contribution in [0.5, 0.6) is 5.75 Å². The van der Waals surface area contributed by atoms with Gasteiger partial charge < -0.3 is 15.2 Å². The fourth-order valence-electron chi connectivity index (χ4n) is 1.34. The molecule has 1 aromatic carbocycles. The number of carboxylic acid groups (broad SMARTS) is 1. The lowest BCUT2D eigenvalue weighted by atomic mass is 10.3. The first-order valence-corrected chi connectivity index (χ1v) is 6.01. The highest BCUT2D eigenvalue weighted by Crippen LogP contribution is 2.15.